The second-order valence-electron chi connectivity index (χ2n) is 7.56. The minimum absolute atomic E-state index is 0.0757. The highest BCUT2D eigenvalue weighted by atomic mass is 16.3. The number of aryl methyl sites for hydroxylation is 3. The van der Waals surface area contributed by atoms with Crippen LogP contribution in [0.5, 0.6) is 0 Å². The molecule has 1 amide bonds. The third-order valence-corrected chi connectivity index (χ3v) is 5.01. The minimum Gasteiger partial charge on any atom is -0.507 e. The van der Waals surface area contributed by atoms with Gasteiger partial charge in [0.25, 0.3) is 11.7 Å². The lowest BCUT2D eigenvalue weighted by Gasteiger charge is -2.24. The molecule has 0 saturated carbocycles. The first-order valence-corrected chi connectivity index (χ1v) is 9.27. The van der Waals surface area contributed by atoms with Gasteiger partial charge < -0.3 is 19.3 Å². The van der Waals surface area contributed by atoms with E-state index >= 15 is 0 Å². The van der Waals surface area contributed by atoms with Crippen LogP contribution < -0.4 is 0 Å². The molecule has 1 aromatic heterocycles. The molecule has 0 bridgehead atoms. The largest absolute Gasteiger partial charge is 0.507 e. The van der Waals surface area contributed by atoms with Crippen molar-refractivity contribution in [2.45, 2.75) is 26.8 Å². The van der Waals surface area contributed by atoms with Crippen molar-refractivity contribution < 1.29 is 19.1 Å². The van der Waals surface area contributed by atoms with Gasteiger partial charge >= 0.3 is 0 Å². The smallest absolute Gasteiger partial charge is 0.295 e. The predicted octanol–water partition coefficient (Wildman–Crippen LogP) is 3.19. The Bertz CT molecular complexity index is 955. The average Bonchev–Trinajstić information content (AvgIpc) is 3.16. The predicted molar refractivity (Wildman–Crippen MR) is 107 cm³/mol. The Balaban J connectivity index is 2.17. The number of aliphatic hydroxyl groups is 1. The minimum atomic E-state index is -0.742. The molecule has 2 heterocycles. The fourth-order valence-corrected chi connectivity index (χ4v) is 3.45. The number of likely N-dealkylation sites (tertiary alicyclic amines) is 1. The SMILES string of the molecule is Cc1ccc(C)c(/C(O)=C2/C(=O)C(=O)N(CCN(C)C)C2c2ccc(C)o2)c1. The molecule has 2 aromatic rings. The fraction of sp³-hybridized carbons (Fsp3) is 0.364. The van der Waals surface area contributed by atoms with Gasteiger partial charge in [-0.3, -0.25) is 9.59 Å². The van der Waals surface area contributed by atoms with E-state index in [9.17, 15) is 14.7 Å². The Morgan fingerprint density at radius 3 is 2.46 bits per heavy atom. The molecular weight excluding hydrogens is 356 g/mol. The van der Waals surface area contributed by atoms with Crippen molar-refractivity contribution in [3.8, 4) is 0 Å². The second kappa shape index (κ2) is 7.64. The zero-order chi connectivity index (χ0) is 20.6. The number of carbonyl (C=O) groups is 2. The van der Waals surface area contributed by atoms with Crippen LogP contribution in [0.4, 0.5) is 0 Å². The third kappa shape index (κ3) is 3.60. The van der Waals surface area contributed by atoms with Crippen LogP contribution in [0.2, 0.25) is 0 Å². The summed E-state index contributed by atoms with van der Waals surface area (Å²) >= 11 is 0. The molecule has 28 heavy (non-hydrogen) atoms. The normalized spacial score (nSPS) is 19.1. The molecule has 1 aromatic carbocycles. The highest BCUT2D eigenvalue weighted by molar-refractivity contribution is 6.46. The number of hydrogen-bond acceptors (Lipinski definition) is 5. The summed E-state index contributed by atoms with van der Waals surface area (Å²) in [7, 11) is 3.80. The van der Waals surface area contributed by atoms with Crippen molar-refractivity contribution in [3.05, 3.63) is 64.1 Å². The maximum Gasteiger partial charge on any atom is 0.295 e. The molecular formula is C22H26N2O4. The number of carbonyl (C=O) groups excluding carboxylic acids is 2. The average molecular weight is 382 g/mol. The molecule has 148 valence electrons. The van der Waals surface area contributed by atoms with Crippen LogP contribution in [0.25, 0.3) is 5.76 Å². The summed E-state index contributed by atoms with van der Waals surface area (Å²) in [6, 6.07) is 8.45. The molecule has 6 heteroatoms. The van der Waals surface area contributed by atoms with E-state index in [-0.39, 0.29) is 11.3 Å². The van der Waals surface area contributed by atoms with Crippen LogP contribution in [0.3, 0.4) is 0 Å². The zero-order valence-corrected chi connectivity index (χ0v) is 16.9. The van der Waals surface area contributed by atoms with Gasteiger partial charge in [-0.2, -0.15) is 0 Å². The van der Waals surface area contributed by atoms with E-state index in [4.69, 9.17) is 4.42 Å². The first-order chi connectivity index (χ1) is 13.2. The van der Waals surface area contributed by atoms with Gasteiger partial charge in [-0.05, 0) is 58.6 Å². The number of Topliss-reactive ketones (excluding diaryl/α,β-unsaturated/α-hetero) is 1. The third-order valence-electron chi connectivity index (χ3n) is 5.01. The summed E-state index contributed by atoms with van der Waals surface area (Å²) in [6.07, 6.45) is 0. The van der Waals surface area contributed by atoms with Crippen LogP contribution in [-0.2, 0) is 9.59 Å². The van der Waals surface area contributed by atoms with E-state index in [0.29, 0.717) is 30.2 Å². The number of likely N-dealkylation sites (N-methyl/N-ethyl adjacent to an activating group) is 1. The number of benzene rings is 1. The van der Waals surface area contributed by atoms with Crippen molar-refractivity contribution >= 4 is 17.4 Å². The fourth-order valence-electron chi connectivity index (χ4n) is 3.45. The van der Waals surface area contributed by atoms with E-state index in [1.807, 2.05) is 51.0 Å². The standard InChI is InChI=1S/C22H26N2O4/c1-13-6-7-14(2)16(12-13)20(25)18-19(17-9-8-15(3)28-17)24(11-10-23(4)5)22(27)21(18)26/h6-9,12,19,25H,10-11H2,1-5H3/b20-18-. The van der Waals surface area contributed by atoms with E-state index < -0.39 is 17.7 Å². The zero-order valence-electron chi connectivity index (χ0n) is 16.9. The van der Waals surface area contributed by atoms with E-state index in [1.165, 1.54) is 4.90 Å². The molecule has 1 aliphatic rings. The van der Waals surface area contributed by atoms with Gasteiger partial charge in [-0.25, -0.2) is 0 Å². The molecule has 3 rings (SSSR count). The van der Waals surface area contributed by atoms with Crippen molar-refractivity contribution in [2.24, 2.45) is 0 Å². The number of ketones is 1. The highest BCUT2D eigenvalue weighted by Gasteiger charge is 2.47. The summed E-state index contributed by atoms with van der Waals surface area (Å²) < 4.78 is 5.77. The number of amides is 1. The van der Waals surface area contributed by atoms with Crippen LogP contribution in [-0.4, -0.2) is 53.8 Å². The van der Waals surface area contributed by atoms with E-state index in [0.717, 1.165) is 11.1 Å². The van der Waals surface area contributed by atoms with Crippen LogP contribution in [0.1, 0.15) is 34.3 Å². The summed E-state index contributed by atoms with van der Waals surface area (Å²) in [5.41, 5.74) is 2.42. The van der Waals surface area contributed by atoms with Gasteiger partial charge in [0.2, 0.25) is 0 Å². The summed E-state index contributed by atoms with van der Waals surface area (Å²) in [6.45, 7) is 6.53. The molecule has 1 saturated heterocycles. The van der Waals surface area contributed by atoms with Gasteiger partial charge in [0, 0.05) is 18.7 Å². The Labute approximate surface area is 165 Å². The molecule has 1 unspecified atom stereocenters. The maximum atomic E-state index is 12.9. The Kier molecular flexibility index (Phi) is 5.42. The molecule has 0 radical (unpaired) electrons. The molecule has 1 N–H and O–H groups in total. The number of hydrogen-bond donors (Lipinski definition) is 1. The van der Waals surface area contributed by atoms with Gasteiger partial charge in [0.15, 0.2) is 0 Å². The number of nitrogens with zero attached hydrogens (tertiary/aromatic N) is 2. The van der Waals surface area contributed by atoms with Crippen LogP contribution >= 0.6 is 0 Å². The van der Waals surface area contributed by atoms with Gasteiger partial charge in [-0.1, -0.05) is 17.7 Å². The second-order valence-corrected chi connectivity index (χ2v) is 7.56. The van der Waals surface area contributed by atoms with Crippen molar-refractivity contribution in [1.29, 1.82) is 0 Å². The van der Waals surface area contributed by atoms with Crippen LogP contribution in [0, 0.1) is 20.8 Å². The first-order valence-electron chi connectivity index (χ1n) is 9.27. The summed E-state index contributed by atoms with van der Waals surface area (Å²) in [4.78, 5) is 29.1. The lowest BCUT2D eigenvalue weighted by atomic mass is 9.96. The molecule has 1 aliphatic heterocycles. The summed E-state index contributed by atoms with van der Waals surface area (Å²) in [5, 5.41) is 11.1. The molecule has 0 aliphatic carbocycles. The van der Waals surface area contributed by atoms with Crippen molar-refractivity contribution in [3.63, 3.8) is 0 Å². The van der Waals surface area contributed by atoms with Crippen LogP contribution in [0.15, 0.2) is 40.3 Å². The number of rotatable bonds is 5. The Morgan fingerprint density at radius 2 is 1.86 bits per heavy atom. The lowest BCUT2D eigenvalue weighted by molar-refractivity contribution is -0.140. The van der Waals surface area contributed by atoms with Gasteiger partial charge in [-0.15, -0.1) is 0 Å². The topological polar surface area (TPSA) is 74.0 Å². The van der Waals surface area contributed by atoms with Gasteiger partial charge in [0.1, 0.15) is 23.3 Å². The number of furan rings is 1. The van der Waals surface area contributed by atoms with Crippen molar-refractivity contribution in [2.75, 3.05) is 27.2 Å². The summed E-state index contributed by atoms with van der Waals surface area (Å²) in [5.74, 6) is -0.308. The van der Waals surface area contributed by atoms with E-state index in [1.54, 1.807) is 19.1 Å². The lowest BCUT2D eigenvalue weighted by Crippen LogP contribution is -2.35. The molecule has 6 nitrogen and oxygen atoms in total. The maximum absolute atomic E-state index is 12.9. The van der Waals surface area contributed by atoms with Gasteiger partial charge in [0.05, 0.1) is 5.57 Å². The quantitative estimate of drug-likeness (QED) is 0.488. The Hall–Kier alpha value is -2.86. The molecule has 1 atom stereocenters. The first kappa shape index (κ1) is 19.9. The molecule has 0 spiro atoms. The van der Waals surface area contributed by atoms with E-state index in [2.05, 4.69) is 0 Å². The molecule has 1 fully saturated rings. The Morgan fingerprint density at radius 1 is 1.14 bits per heavy atom. The monoisotopic (exact) mass is 382 g/mol. The highest BCUT2D eigenvalue weighted by Crippen LogP contribution is 2.40. The number of aliphatic hydroxyl groups excluding tert-OH is 1. The van der Waals surface area contributed by atoms with Crippen molar-refractivity contribution in [1.82, 2.24) is 9.80 Å².